The van der Waals surface area contributed by atoms with E-state index in [1.165, 1.54) is 0 Å². The number of hydrogen-bond donors (Lipinski definition) is 2. The van der Waals surface area contributed by atoms with Crippen LogP contribution in [0, 0.1) is 0 Å². The topological polar surface area (TPSA) is 84.1 Å². The van der Waals surface area contributed by atoms with Crippen LogP contribution in [-0.4, -0.2) is 27.9 Å². The van der Waals surface area contributed by atoms with E-state index in [0.717, 1.165) is 11.0 Å². The quantitative estimate of drug-likeness (QED) is 0.680. The van der Waals surface area contributed by atoms with Crippen molar-refractivity contribution in [3.63, 3.8) is 0 Å². The van der Waals surface area contributed by atoms with Crippen molar-refractivity contribution in [2.24, 2.45) is 0 Å². The second kappa shape index (κ2) is 7.36. The van der Waals surface area contributed by atoms with Crippen molar-refractivity contribution in [3.8, 4) is 0 Å². The first-order valence-electron chi connectivity index (χ1n) is 7.78. The van der Waals surface area contributed by atoms with Crippen LogP contribution in [0.25, 0.3) is 11.0 Å². The first-order chi connectivity index (χ1) is 12.1. The number of fused-ring (bicyclic) bond motifs is 1. The number of para-hydroxylation sites is 1. The predicted octanol–water partition coefficient (Wildman–Crippen LogP) is 3.79. The van der Waals surface area contributed by atoms with Crippen LogP contribution in [0.15, 0.2) is 48.8 Å². The van der Waals surface area contributed by atoms with Crippen molar-refractivity contribution in [2.45, 2.75) is 19.4 Å². The number of aromatic nitrogens is 2. The van der Waals surface area contributed by atoms with Gasteiger partial charge in [-0.2, -0.15) is 0 Å². The number of anilines is 1. The lowest BCUT2D eigenvalue weighted by molar-refractivity contribution is -0.124. The van der Waals surface area contributed by atoms with Gasteiger partial charge in [0, 0.05) is 0 Å². The smallest absolute Gasteiger partial charge is 0.338 e. The number of nitrogens with zero attached hydrogens (tertiary/aromatic N) is 1. The molecule has 0 bridgehead atoms. The third kappa shape index (κ3) is 3.80. The van der Waals surface area contributed by atoms with Crippen molar-refractivity contribution < 1.29 is 14.3 Å². The number of rotatable bonds is 5. The SMILES string of the molecule is CCC(OC(=O)c1ccc2nc[nH]c2c1)C(=O)Nc1ccccc1Cl. The fourth-order valence-corrected chi connectivity index (χ4v) is 2.54. The Balaban J connectivity index is 1.71. The van der Waals surface area contributed by atoms with Crippen LogP contribution in [0.2, 0.25) is 5.02 Å². The molecule has 1 amide bonds. The Morgan fingerprint density at radius 3 is 2.84 bits per heavy atom. The number of benzene rings is 2. The van der Waals surface area contributed by atoms with Gasteiger partial charge in [0.25, 0.3) is 5.91 Å². The maximum absolute atomic E-state index is 12.4. The maximum atomic E-state index is 12.4. The van der Waals surface area contributed by atoms with Gasteiger partial charge in [-0.15, -0.1) is 0 Å². The number of aromatic amines is 1. The fraction of sp³-hybridized carbons (Fsp3) is 0.167. The predicted molar refractivity (Wildman–Crippen MR) is 95.7 cm³/mol. The number of halogens is 1. The fourth-order valence-electron chi connectivity index (χ4n) is 2.36. The van der Waals surface area contributed by atoms with Crippen LogP contribution in [0.4, 0.5) is 5.69 Å². The normalized spacial score (nSPS) is 11.9. The summed E-state index contributed by atoms with van der Waals surface area (Å²) in [6.45, 7) is 1.77. The van der Waals surface area contributed by atoms with Gasteiger partial charge in [0.05, 0.1) is 33.6 Å². The number of nitrogens with one attached hydrogen (secondary N) is 2. The molecule has 1 atom stereocenters. The van der Waals surface area contributed by atoms with Crippen LogP contribution >= 0.6 is 11.6 Å². The van der Waals surface area contributed by atoms with Gasteiger partial charge in [0.15, 0.2) is 6.10 Å². The molecule has 1 aromatic heterocycles. The molecule has 0 aliphatic heterocycles. The Bertz CT molecular complexity index is 923. The molecule has 0 fully saturated rings. The van der Waals surface area contributed by atoms with E-state index in [0.29, 0.717) is 22.7 Å². The molecule has 25 heavy (non-hydrogen) atoms. The molecule has 0 aliphatic rings. The van der Waals surface area contributed by atoms with Gasteiger partial charge >= 0.3 is 5.97 Å². The molecule has 3 aromatic rings. The summed E-state index contributed by atoms with van der Waals surface area (Å²) in [5.74, 6) is -0.996. The maximum Gasteiger partial charge on any atom is 0.338 e. The minimum Gasteiger partial charge on any atom is -0.449 e. The van der Waals surface area contributed by atoms with E-state index in [4.69, 9.17) is 16.3 Å². The molecule has 0 spiro atoms. The minimum absolute atomic E-state index is 0.342. The van der Waals surface area contributed by atoms with Gasteiger partial charge in [0.1, 0.15) is 0 Å². The highest BCUT2D eigenvalue weighted by Gasteiger charge is 2.23. The summed E-state index contributed by atoms with van der Waals surface area (Å²) in [5.41, 5.74) is 2.30. The first kappa shape index (κ1) is 17.0. The summed E-state index contributed by atoms with van der Waals surface area (Å²) < 4.78 is 5.36. The molecule has 0 saturated heterocycles. The van der Waals surface area contributed by atoms with E-state index in [2.05, 4.69) is 15.3 Å². The van der Waals surface area contributed by atoms with E-state index >= 15 is 0 Å². The number of amides is 1. The van der Waals surface area contributed by atoms with Crippen molar-refractivity contribution >= 4 is 40.2 Å². The van der Waals surface area contributed by atoms with Gasteiger partial charge in [0.2, 0.25) is 0 Å². The monoisotopic (exact) mass is 357 g/mol. The molecule has 3 rings (SSSR count). The second-order valence-corrected chi connectivity index (χ2v) is 5.81. The van der Waals surface area contributed by atoms with E-state index in [9.17, 15) is 9.59 Å². The van der Waals surface area contributed by atoms with Gasteiger partial charge < -0.3 is 15.0 Å². The number of imidazole rings is 1. The Morgan fingerprint density at radius 1 is 1.28 bits per heavy atom. The van der Waals surface area contributed by atoms with E-state index in [-0.39, 0.29) is 0 Å². The first-order valence-corrected chi connectivity index (χ1v) is 8.15. The average Bonchev–Trinajstić information content (AvgIpc) is 3.09. The molecule has 1 unspecified atom stereocenters. The highest BCUT2D eigenvalue weighted by Crippen LogP contribution is 2.21. The standard InChI is InChI=1S/C18H16ClN3O3/c1-2-16(17(23)22-13-6-4-3-5-12(13)19)25-18(24)11-7-8-14-15(9-11)21-10-20-14/h3-10,16H,2H2,1H3,(H,20,21)(H,22,23). The molecule has 128 valence electrons. The summed E-state index contributed by atoms with van der Waals surface area (Å²) in [5, 5.41) is 3.10. The summed E-state index contributed by atoms with van der Waals surface area (Å²) in [4.78, 5) is 31.7. The zero-order valence-corrected chi connectivity index (χ0v) is 14.2. The lowest BCUT2D eigenvalue weighted by atomic mass is 10.2. The molecular formula is C18H16ClN3O3. The Kier molecular flexibility index (Phi) is 5.00. The molecule has 0 saturated carbocycles. The zero-order valence-electron chi connectivity index (χ0n) is 13.5. The van der Waals surface area contributed by atoms with E-state index < -0.39 is 18.0 Å². The Labute approximate surface area is 149 Å². The lowest BCUT2D eigenvalue weighted by Crippen LogP contribution is -2.32. The van der Waals surface area contributed by atoms with Crippen molar-refractivity contribution in [2.75, 3.05) is 5.32 Å². The van der Waals surface area contributed by atoms with Gasteiger partial charge in [-0.3, -0.25) is 4.79 Å². The average molecular weight is 358 g/mol. The molecule has 2 N–H and O–H groups in total. The second-order valence-electron chi connectivity index (χ2n) is 5.41. The molecule has 7 heteroatoms. The largest absolute Gasteiger partial charge is 0.449 e. The van der Waals surface area contributed by atoms with Gasteiger partial charge in [-0.05, 0) is 36.8 Å². The van der Waals surface area contributed by atoms with Crippen LogP contribution in [0.3, 0.4) is 0 Å². The van der Waals surface area contributed by atoms with E-state index in [1.54, 1.807) is 55.7 Å². The number of H-pyrrole nitrogens is 1. The minimum atomic E-state index is -0.916. The highest BCUT2D eigenvalue weighted by molar-refractivity contribution is 6.33. The zero-order chi connectivity index (χ0) is 17.8. The third-order valence-electron chi connectivity index (χ3n) is 3.70. The lowest BCUT2D eigenvalue weighted by Gasteiger charge is -2.16. The summed E-state index contributed by atoms with van der Waals surface area (Å²) >= 11 is 6.03. The van der Waals surface area contributed by atoms with E-state index in [1.807, 2.05) is 0 Å². The molecule has 2 aromatic carbocycles. The van der Waals surface area contributed by atoms with Crippen LogP contribution in [0.5, 0.6) is 0 Å². The van der Waals surface area contributed by atoms with Gasteiger partial charge in [-0.25, -0.2) is 9.78 Å². The molecule has 1 heterocycles. The Hall–Kier alpha value is -2.86. The number of ether oxygens (including phenoxy) is 1. The van der Waals surface area contributed by atoms with Gasteiger partial charge in [-0.1, -0.05) is 30.7 Å². The Morgan fingerprint density at radius 2 is 2.08 bits per heavy atom. The van der Waals surface area contributed by atoms with Crippen molar-refractivity contribution in [3.05, 3.63) is 59.4 Å². The number of esters is 1. The number of carbonyl (C=O) groups is 2. The molecule has 0 aliphatic carbocycles. The molecular weight excluding hydrogens is 342 g/mol. The number of hydrogen-bond acceptors (Lipinski definition) is 4. The molecule has 0 radical (unpaired) electrons. The van der Waals surface area contributed by atoms with Crippen LogP contribution in [-0.2, 0) is 9.53 Å². The summed E-state index contributed by atoms with van der Waals surface area (Å²) in [6, 6.07) is 11.8. The third-order valence-corrected chi connectivity index (χ3v) is 4.03. The highest BCUT2D eigenvalue weighted by atomic mass is 35.5. The van der Waals surface area contributed by atoms with Crippen LogP contribution in [0.1, 0.15) is 23.7 Å². The summed E-state index contributed by atoms with van der Waals surface area (Å²) in [6.07, 6.45) is 0.973. The van der Waals surface area contributed by atoms with Crippen LogP contribution < -0.4 is 5.32 Å². The van der Waals surface area contributed by atoms with Crippen molar-refractivity contribution in [1.82, 2.24) is 9.97 Å². The number of carbonyl (C=O) groups excluding carboxylic acids is 2. The van der Waals surface area contributed by atoms with Crippen molar-refractivity contribution in [1.29, 1.82) is 0 Å². The summed E-state index contributed by atoms with van der Waals surface area (Å²) in [7, 11) is 0. The molecule has 6 nitrogen and oxygen atoms in total.